The number of thiophene rings is 1. The molecule has 0 saturated carbocycles. The van der Waals surface area contributed by atoms with Crippen LogP contribution in [0.2, 0.25) is 4.34 Å². The average molecular weight is 316 g/mol. The van der Waals surface area contributed by atoms with Crippen LogP contribution in [0.5, 0.6) is 0 Å². The monoisotopic (exact) mass is 315 g/mol. The quantitative estimate of drug-likeness (QED) is 0.903. The molecule has 0 atom stereocenters. The summed E-state index contributed by atoms with van der Waals surface area (Å²) in [6.07, 6.45) is 1.11. The predicted octanol–water partition coefficient (Wildman–Crippen LogP) is 2.05. The number of carbonyl (C=O) groups is 1. The van der Waals surface area contributed by atoms with E-state index in [4.69, 9.17) is 11.6 Å². The summed E-state index contributed by atoms with van der Waals surface area (Å²) in [7, 11) is 0. The molecular formula is C14H22ClN3OS. The van der Waals surface area contributed by atoms with Crippen LogP contribution in [0.3, 0.4) is 0 Å². The maximum atomic E-state index is 12.4. The first-order valence-corrected chi connectivity index (χ1v) is 8.33. The minimum absolute atomic E-state index is 0.207. The predicted molar refractivity (Wildman–Crippen MR) is 84.3 cm³/mol. The molecule has 6 heteroatoms. The third kappa shape index (κ3) is 4.74. The molecule has 0 spiro atoms. The van der Waals surface area contributed by atoms with Crippen molar-refractivity contribution in [3.8, 4) is 0 Å². The molecule has 2 rings (SSSR count). The summed E-state index contributed by atoms with van der Waals surface area (Å²) in [5.41, 5.74) is 0. The van der Waals surface area contributed by atoms with E-state index in [1.54, 1.807) is 11.3 Å². The van der Waals surface area contributed by atoms with Gasteiger partial charge in [-0.25, -0.2) is 0 Å². The number of nitrogens with one attached hydrogen (secondary N) is 1. The molecule has 1 aliphatic rings. The van der Waals surface area contributed by atoms with Crippen LogP contribution in [-0.2, 0) is 11.3 Å². The lowest BCUT2D eigenvalue weighted by atomic mass is 10.3. The van der Waals surface area contributed by atoms with Gasteiger partial charge in [0, 0.05) is 24.5 Å². The SMILES string of the molecule is CCN(Cc1ccc(Cl)s1)C(=O)CN1CCCNCC1. The Balaban J connectivity index is 1.87. The van der Waals surface area contributed by atoms with Crippen molar-refractivity contribution in [1.29, 1.82) is 0 Å². The molecule has 1 aromatic heterocycles. The highest BCUT2D eigenvalue weighted by Crippen LogP contribution is 2.22. The minimum atomic E-state index is 0.207. The number of nitrogens with zero attached hydrogens (tertiary/aromatic N) is 2. The fourth-order valence-electron chi connectivity index (χ4n) is 2.35. The number of likely N-dealkylation sites (N-methyl/N-ethyl adjacent to an activating group) is 1. The second-order valence-corrected chi connectivity index (χ2v) is 6.79. The topological polar surface area (TPSA) is 35.6 Å². The normalized spacial score (nSPS) is 16.9. The van der Waals surface area contributed by atoms with E-state index in [2.05, 4.69) is 10.2 Å². The Hall–Kier alpha value is -0.620. The van der Waals surface area contributed by atoms with Crippen LogP contribution in [0, 0.1) is 0 Å². The van der Waals surface area contributed by atoms with Crippen molar-refractivity contribution < 1.29 is 4.79 Å². The van der Waals surface area contributed by atoms with Crippen LogP contribution < -0.4 is 5.32 Å². The first-order valence-electron chi connectivity index (χ1n) is 7.14. The summed E-state index contributed by atoms with van der Waals surface area (Å²) in [5.74, 6) is 0.207. The zero-order chi connectivity index (χ0) is 14.4. The minimum Gasteiger partial charge on any atom is -0.337 e. The Morgan fingerprint density at radius 1 is 1.45 bits per heavy atom. The van der Waals surface area contributed by atoms with Crippen molar-refractivity contribution in [2.24, 2.45) is 0 Å². The fourth-order valence-corrected chi connectivity index (χ4v) is 3.46. The highest BCUT2D eigenvalue weighted by molar-refractivity contribution is 7.16. The van der Waals surface area contributed by atoms with Crippen LogP contribution in [0.1, 0.15) is 18.2 Å². The molecule has 1 fully saturated rings. The van der Waals surface area contributed by atoms with E-state index in [9.17, 15) is 4.79 Å². The van der Waals surface area contributed by atoms with Gasteiger partial charge in [-0.15, -0.1) is 11.3 Å². The number of rotatable bonds is 5. The lowest BCUT2D eigenvalue weighted by molar-refractivity contribution is -0.132. The lowest BCUT2D eigenvalue weighted by Gasteiger charge is -2.25. The Morgan fingerprint density at radius 2 is 2.30 bits per heavy atom. The van der Waals surface area contributed by atoms with Crippen molar-refractivity contribution >= 4 is 28.8 Å². The molecule has 1 amide bonds. The zero-order valence-electron chi connectivity index (χ0n) is 11.9. The van der Waals surface area contributed by atoms with Gasteiger partial charge in [-0.1, -0.05) is 11.6 Å². The van der Waals surface area contributed by atoms with Crippen molar-refractivity contribution in [1.82, 2.24) is 15.1 Å². The summed E-state index contributed by atoms with van der Waals surface area (Å²) in [4.78, 5) is 17.7. The second-order valence-electron chi connectivity index (χ2n) is 4.99. The van der Waals surface area contributed by atoms with E-state index in [1.165, 1.54) is 0 Å². The maximum Gasteiger partial charge on any atom is 0.237 e. The van der Waals surface area contributed by atoms with Crippen LogP contribution in [-0.4, -0.2) is 55.0 Å². The van der Waals surface area contributed by atoms with E-state index < -0.39 is 0 Å². The van der Waals surface area contributed by atoms with E-state index in [0.29, 0.717) is 13.1 Å². The van der Waals surface area contributed by atoms with Gasteiger partial charge in [0.1, 0.15) is 0 Å². The summed E-state index contributed by atoms with van der Waals surface area (Å²) in [6, 6.07) is 3.89. The molecule has 0 aromatic carbocycles. The van der Waals surface area contributed by atoms with Gasteiger partial charge in [-0.05, 0) is 38.6 Å². The van der Waals surface area contributed by atoms with Crippen molar-refractivity contribution in [2.45, 2.75) is 19.9 Å². The Labute approximate surface area is 129 Å². The summed E-state index contributed by atoms with van der Waals surface area (Å²) >= 11 is 7.49. The zero-order valence-corrected chi connectivity index (χ0v) is 13.5. The van der Waals surface area contributed by atoms with Gasteiger partial charge in [-0.2, -0.15) is 0 Å². The smallest absolute Gasteiger partial charge is 0.237 e. The van der Waals surface area contributed by atoms with Gasteiger partial charge in [0.2, 0.25) is 5.91 Å². The Kier molecular flexibility index (Phi) is 6.29. The molecule has 1 N–H and O–H groups in total. The first-order chi connectivity index (χ1) is 9.69. The standard InChI is InChI=1S/C14H22ClN3OS/c1-2-18(10-12-4-5-13(15)20-12)14(19)11-17-8-3-6-16-7-9-17/h4-5,16H,2-3,6-11H2,1H3. The van der Waals surface area contributed by atoms with E-state index in [0.717, 1.165) is 48.4 Å². The Bertz CT molecular complexity index is 430. The van der Waals surface area contributed by atoms with Crippen molar-refractivity contribution in [2.75, 3.05) is 39.3 Å². The summed E-state index contributed by atoms with van der Waals surface area (Å²) in [6.45, 7) is 7.93. The molecule has 4 nitrogen and oxygen atoms in total. The van der Waals surface area contributed by atoms with Gasteiger partial charge in [0.15, 0.2) is 0 Å². The molecule has 1 aromatic rings. The molecule has 0 aliphatic carbocycles. The van der Waals surface area contributed by atoms with Crippen LogP contribution >= 0.6 is 22.9 Å². The second kappa shape index (κ2) is 7.98. The van der Waals surface area contributed by atoms with E-state index in [-0.39, 0.29) is 5.91 Å². The largest absolute Gasteiger partial charge is 0.337 e. The number of hydrogen-bond acceptors (Lipinski definition) is 4. The van der Waals surface area contributed by atoms with Gasteiger partial charge in [-0.3, -0.25) is 9.69 Å². The van der Waals surface area contributed by atoms with E-state index in [1.807, 2.05) is 24.0 Å². The maximum absolute atomic E-state index is 12.4. The first kappa shape index (κ1) is 15.8. The molecular weight excluding hydrogens is 294 g/mol. The number of hydrogen-bond donors (Lipinski definition) is 1. The molecule has 20 heavy (non-hydrogen) atoms. The van der Waals surface area contributed by atoms with E-state index >= 15 is 0 Å². The molecule has 2 heterocycles. The Morgan fingerprint density at radius 3 is 3.00 bits per heavy atom. The van der Waals surface area contributed by atoms with Crippen LogP contribution in [0.25, 0.3) is 0 Å². The lowest BCUT2D eigenvalue weighted by Crippen LogP contribution is -2.41. The van der Waals surface area contributed by atoms with Gasteiger partial charge in [0.25, 0.3) is 0 Å². The molecule has 0 bridgehead atoms. The van der Waals surface area contributed by atoms with Gasteiger partial charge >= 0.3 is 0 Å². The molecule has 1 saturated heterocycles. The summed E-state index contributed by atoms with van der Waals surface area (Å²) < 4.78 is 0.780. The van der Waals surface area contributed by atoms with Crippen molar-refractivity contribution in [3.63, 3.8) is 0 Å². The van der Waals surface area contributed by atoms with Crippen molar-refractivity contribution in [3.05, 3.63) is 21.3 Å². The molecule has 0 radical (unpaired) electrons. The highest BCUT2D eigenvalue weighted by atomic mass is 35.5. The summed E-state index contributed by atoms with van der Waals surface area (Å²) in [5, 5.41) is 3.36. The number of amides is 1. The molecule has 112 valence electrons. The third-order valence-corrected chi connectivity index (χ3v) is 4.72. The molecule has 0 unspecified atom stereocenters. The highest BCUT2D eigenvalue weighted by Gasteiger charge is 2.18. The average Bonchev–Trinajstić information content (AvgIpc) is 2.68. The number of carbonyl (C=O) groups excluding carboxylic acids is 1. The third-order valence-electron chi connectivity index (χ3n) is 3.50. The van der Waals surface area contributed by atoms with Gasteiger partial charge in [0.05, 0.1) is 17.4 Å². The fraction of sp³-hybridized carbons (Fsp3) is 0.643. The van der Waals surface area contributed by atoms with Crippen LogP contribution in [0.4, 0.5) is 0 Å². The van der Waals surface area contributed by atoms with Crippen LogP contribution in [0.15, 0.2) is 12.1 Å². The molecule has 1 aliphatic heterocycles. The van der Waals surface area contributed by atoms with Gasteiger partial charge < -0.3 is 10.2 Å². The number of halogens is 1.